The van der Waals surface area contributed by atoms with E-state index in [0.29, 0.717) is 25.4 Å². The maximum atomic E-state index is 12.2. The number of aromatic nitrogens is 4. The SMILES string of the molecule is COCC(C)n1c(-c2cc(C)c(=O)n(C)c2)nc2cnc(N3CCOCC3C)cc21. The zero-order chi connectivity index (χ0) is 21.4. The molecule has 2 unspecified atom stereocenters. The summed E-state index contributed by atoms with van der Waals surface area (Å²) in [6.07, 6.45) is 3.67. The highest BCUT2D eigenvalue weighted by Crippen LogP contribution is 2.31. The summed E-state index contributed by atoms with van der Waals surface area (Å²) in [6, 6.07) is 4.33. The molecule has 1 saturated heterocycles. The van der Waals surface area contributed by atoms with Crippen LogP contribution < -0.4 is 10.5 Å². The summed E-state index contributed by atoms with van der Waals surface area (Å²) in [4.78, 5) is 24.0. The standard InChI is InChI=1S/C22H29N5O3/c1-14-8-17(11-25(4)22(14)28)21-24-18-10-23-20(26-6-7-30-13-15(26)2)9-19(18)27(21)16(3)12-29-5/h8-11,15-16H,6-7,12-13H2,1-5H3. The lowest BCUT2D eigenvalue weighted by Gasteiger charge is -2.34. The van der Waals surface area contributed by atoms with E-state index in [9.17, 15) is 4.79 Å². The lowest BCUT2D eigenvalue weighted by molar-refractivity contribution is 0.0985. The van der Waals surface area contributed by atoms with Crippen molar-refractivity contribution in [3.63, 3.8) is 0 Å². The van der Waals surface area contributed by atoms with Gasteiger partial charge in [0.1, 0.15) is 17.2 Å². The van der Waals surface area contributed by atoms with E-state index in [2.05, 4.69) is 29.4 Å². The van der Waals surface area contributed by atoms with E-state index in [1.165, 1.54) is 0 Å². The second-order valence-electron chi connectivity index (χ2n) is 8.09. The van der Waals surface area contributed by atoms with Gasteiger partial charge in [-0.25, -0.2) is 9.97 Å². The van der Waals surface area contributed by atoms with Gasteiger partial charge in [0.05, 0.1) is 43.6 Å². The largest absolute Gasteiger partial charge is 0.383 e. The van der Waals surface area contributed by atoms with Gasteiger partial charge in [-0.1, -0.05) is 0 Å². The van der Waals surface area contributed by atoms with Gasteiger partial charge in [-0.3, -0.25) is 4.79 Å². The Morgan fingerprint density at radius 2 is 2.17 bits per heavy atom. The Morgan fingerprint density at radius 1 is 1.37 bits per heavy atom. The molecule has 0 saturated carbocycles. The highest BCUT2D eigenvalue weighted by Gasteiger charge is 2.23. The number of aryl methyl sites for hydroxylation is 2. The molecule has 0 spiro atoms. The average Bonchev–Trinajstić information content (AvgIpc) is 3.11. The van der Waals surface area contributed by atoms with Gasteiger partial charge in [-0.2, -0.15) is 0 Å². The second-order valence-corrected chi connectivity index (χ2v) is 8.09. The summed E-state index contributed by atoms with van der Waals surface area (Å²) < 4.78 is 14.8. The van der Waals surface area contributed by atoms with Gasteiger partial charge in [0.25, 0.3) is 5.56 Å². The summed E-state index contributed by atoms with van der Waals surface area (Å²) in [5.41, 5.74) is 3.41. The van der Waals surface area contributed by atoms with Crippen molar-refractivity contribution in [3.8, 4) is 11.4 Å². The van der Waals surface area contributed by atoms with Gasteiger partial charge < -0.3 is 23.5 Å². The van der Waals surface area contributed by atoms with Gasteiger partial charge in [0.2, 0.25) is 0 Å². The number of ether oxygens (including phenoxy) is 2. The quantitative estimate of drug-likeness (QED) is 0.642. The van der Waals surface area contributed by atoms with Crippen LogP contribution in [0, 0.1) is 6.92 Å². The molecule has 0 aromatic carbocycles. The number of anilines is 1. The molecule has 0 bridgehead atoms. The van der Waals surface area contributed by atoms with Crippen molar-refractivity contribution in [2.24, 2.45) is 7.05 Å². The third kappa shape index (κ3) is 3.61. The van der Waals surface area contributed by atoms with E-state index in [0.717, 1.165) is 34.8 Å². The van der Waals surface area contributed by atoms with Crippen molar-refractivity contribution < 1.29 is 9.47 Å². The number of imidazole rings is 1. The highest BCUT2D eigenvalue weighted by atomic mass is 16.5. The molecule has 0 aliphatic carbocycles. The molecular formula is C22H29N5O3. The maximum Gasteiger partial charge on any atom is 0.253 e. The number of hydrogen-bond donors (Lipinski definition) is 0. The molecule has 30 heavy (non-hydrogen) atoms. The molecule has 1 aliphatic heterocycles. The minimum Gasteiger partial charge on any atom is -0.383 e. The molecule has 4 rings (SSSR count). The number of hydrogen-bond acceptors (Lipinski definition) is 6. The smallest absolute Gasteiger partial charge is 0.253 e. The Bertz CT molecular complexity index is 1090. The van der Waals surface area contributed by atoms with E-state index in [-0.39, 0.29) is 17.6 Å². The molecule has 8 heteroatoms. The number of rotatable bonds is 5. The van der Waals surface area contributed by atoms with E-state index < -0.39 is 0 Å². The summed E-state index contributed by atoms with van der Waals surface area (Å²) >= 11 is 0. The first-order valence-electron chi connectivity index (χ1n) is 10.3. The van der Waals surface area contributed by atoms with Crippen molar-refractivity contribution in [1.29, 1.82) is 0 Å². The van der Waals surface area contributed by atoms with Gasteiger partial charge >= 0.3 is 0 Å². The van der Waals surface area contributed by atoms with Crippen LogP contribution in [0.3, 0.4) is 0 Å². The van der Waals surface area contributed by atoms with Crippen LogP contribution in [0.4, 0.5) is 5.82 Å². The van der Waals surface area contributed by atoms with Crippen LogP contribution in [-0.2, 0) is 16.5 Å². The van der Waals surface area contributed by atoms with Crippen LogP contribution in [0.5, 0.6) is 0 Å². The lowest BCUT2D eigenvalue weighted by Crippen LogP contribution is -2.44. The predicted molar refractivity (Wildman–Crippen MR) is 117 cm³/mol. The van der Waals surface area contributed by atoms with Crippen molar-refractivity contribution >= 4 is 16.9 Å². The molecule has 8 nitrogen and oxygen atoms in total. The Hall–Kier alpha value is -2.71. The Kier molecular flexibility index (Phi) is 5.62. The van der Waals surface area contributed by atoms with E-state index in [1.807, 2.05) is 25.4 Å². The molecule has 3 aromatic heterocycles. The van der Waals surface area contributed by atoms with Gasteiger partial charge in [-0.15, -0.1) is 0 Å². The Morgan fingerprint density at radius 3 is 2.87 bits per heavy atom. The Balaban J connectivity index is 1.90. The van der Waals surface area contributed by atoms with Gasteiger partial charge in [0, 0.05) is 44.1 Å². The fourth-order valence-electron chi connectivity index (χ4n) is 4.18. The highest BCUT2D eigenvalue weighted by molar-refractivity contribution is 5.82. The van der Waals surface area contributed by atoms with Crippen LogP contribution >= 0.6 is 0 Å². The zero-order valence-corrected chi connectivity index (χ0v) is 18.3. The number of methoxy groups -OCH3 is 1. The van der Waals surface area contributed by atoms with Gasteiger partial charge in [-0.05, 0) is 26.8 Å². The summed E-state index contributed by atoms with van der Waals surface area (Å²) in [5, 5.41) is 0. The van der Waals surface area contributed by atoms with Crippen molar-refractivity contribution in [1.82, 2.24) is 19.1 Å². The molecule has 3 aromatic rings. The van der Waals surface area contributed by atoms with Crippen LogP contribution in [0.15, 0.2) is 29.3 Å². The summed E-state index contributed by atoms with van der Waals surface area (Å²) in [5.74, 6) is 1.73. The number of fused-ring (bicyclic) bond motifs is 1. The maximum absolute atomic E-state index is 12.2. The molecule has 0 amide bonds. The van der Waals surface area contributed by atoms with Crippen LogP contribution in [0.1, 0.15) is 25.5 Å². The molecule has 1 fully saturated rings. The predicted octanol–water partition coefficient (Wildman–Crippen LogP) is 2.54. The zero-order valence-electron chi connectivity index (χ0n) is 18.3. The topological polar surface area (TPSA) is 74.4 Å². The normalized spacial score (nSPS) is 18.2. The minimum atomic E-state index is -0.00314. The summed E-state index contributed by atoms with van der Waals surface area (Å²) in [7, 11) is 3.47. The molecule has 0 N–H and O–H groups in total. The summed E-state index contributed by atoms with van der Waals surface area (Å²) in [6.45, 7) is 8.85. The van der Waals surface area contributed by atoms with E-state index in [4.69, 9.17) is 19.4 Å². The molecule has 160 valence electrons. The number of nitrogens with zero attached hydrogens (tertiary/aromatic N) is 5. The molecular weight excluding hydrogens is 382 g/mol. The van der Waals surface area contributed by atoms with Crippen molar-refractivity contribution in [3.05, 3.63) is 40.4 Å². The molecule has 4 heterocycles. The minimum absolute atomic E-state index is 0.00314. The fraction of sp³-hybridized carbons (Fsp3) is 0.500. The fourth-order valence-corrected chi connectivity index (χ4v) is 4.18. The molecule has 0 radical (unpaired) electrons. The van der Waals surface area contributed by atoms with Crippen molar-refractivity contribution in [2.75, 3.05) is 38.4 Å². The molecule has 1 aliphatic rings. The first-order chi connectivity index (χ1) is 14.4. The van der Waals surface area contributed by atoms with Crippen molar-refractivity contribution in [2.45, 2.75) is 32.9 Å². The van der Waals surface area contributed by atoms with E-state index >= 15 is 0 Å². The monoisotopic (exact) mass is 411 g/mol. The average molecular weight is 412 g/mol. The van der Waals surface area contributed by atoms with Crippen LogP contribution in [0.25, 0.3) is 22.4 Å². The Labute approximate surface area is 176 Å². The van der Waals surface area contributed by atoms with E-state index in [1.54, 1.807) is 18.7 Å². The lowest BCUT2D eigenvalue weighted by atomic mass is 10.2. The molecule has 2 atom stereocenters. The first kappa shape index (κ1) is 20.6. The third-order valence-corrected chi connectivity index (χ3v) is 5.69. The second kappa shape index (κ2) is 8.20. The number of morpholine rings is 1. The van der Waals surface area contributed by atoms with Crippen LogP contribution in [-0.4, -0.2) is 58.6 Å². The first-order valence-corrected chi connectivity index (χ1v) is 10.3. The van der Waals surface area contributed by atoms with Crippen LogP contribution in [0.2, 0.25) is 0 Å². The third-order valence-electron chi connectivity index (χ3n) is 5.69. The van der Waals surface area contributed by atoms with Gasteiger partial charge in [0.15, 0.2) is 0 Å². The number of pyridine rings is 2.